The monoisotopic (exact) mass is 297 g/mol. The summed E-state index contributed by atoms with van der Waals surface area (Å²) >= 11 is 9.43. The van der Waals surface area contributed by atoms with Crippen molar-refractivity contribution >= 4 is 27.5 Å². The van der Waals surface area contributed by atoms with E-state index in [4.69, 9.17) is 16.3 Å². The van der Waals surface area contributed by atoms with Crippen LogP contribution in [0.4, 0.5) is 0 Å². The molecular formula is C12H9BrClNO. The predicted octanol–water partition coefficient (Wildman–Crippen LogP) is 4.60. The smallest absolute Gasteiger partial charge is 0.233 e. The first-order valence-corrected chi connectivity index (χ1v) is 5.88. The maximum Gasteiger partial charge on any atom is 0.233 e. The van der Waals surface area contributed by atoms with Crippen LogP contribution in [0.3, 0.4) is 0 Å². The first kappa shape index (κ1) is 11.4. The molecule has 0 saturated carbocycles. The highest BCUT2D eigenvalue weighted by Crippen LogP contribution is 2.32. The average Bonchev–Trinajstić information content (AvgIpc) is 2.25. The van der Waals surface area contributed by atoms with E-state index < -0.39 is 0 Å². The van der Waals surface area contributed by atoms with Crippen molar-refractivity contribution in [2.75, 3.05) is 0 Å². The van der Waals surface area contributed by atoms with E-state index in [0.717, 1.165) is 10.0 Å². The molecule has 1 aromatic heterocycles. The zero-order chi connectivity index (χ0) is 11.5. The van der Waals surface area contributed by atoms with Crippen LogP contribution in [0.15, 0.2) is 41.0 Å². The Morgan fingerprint density at radius 2 is 2.12 bits per heavy atom. The Morgan fingerprint density at radius 3 is 2.81 bits per heavy atom. The van der Waals surface area contributed by atoms with Crippen molar-refractivity contribution in [3.63, 3.8) is 0 Å². The largest absolute Gasteiger partial charge is 0.436 e. The second-order valence-corrected chi connectivity index (χ2v) is 4.59. The van der Waals surface area contributed by atoms with Crippen LogP contribution >= 0.6 is 27.5 Å². The van der Waals surface area contributed by atoms with Gasteiger partial charge in [0.1, 0.15) is 5.75 Å². The van der Waals surface area contributed by atoms with E-state index >= 15 is 0 Å². The number of benzene rings is 1. The minimum Gasteiger partial charge on any atom is -0.436 e. The van der Waals surface area contributed by atoms with E-state index in [1.54, 1.807) is 6.20 Å². The van der Waals surface area contributed by atoms with Gasteiger partial charge in [-0.3, -0.25) is 0 Å². The SMILES string of the molecule is Cc1ccc(Oc2ncccc2Br)c(Cl)c1. The molecule has 0 aliphatic carbocycles. The highest BCUT2D eigenvalue weighted by atomic mass is 79.9. The van der Waals surface area contributed by atoms with Crippen molar-refractivity contribution in [2.24, 2.45) is 0 Å². The molecule has 2 aromatic rings. The number of halogens is 2. The van der Waals surface area contributed by atoms with Gasteiger partial charge in [0, 0.05) is 6.20 Å². The van der Waals surface area contributed by atoms with Gasteiger partial charge in [0.25, 0.3) is 0 Å². The van der Waals surface area contributed by atoms with E-state index in [1.807, 2.05) is 37.3 Å². The molecule has 0 aliphatic heterocycles. The van der Waals surface area contributed by atoms with Crippen LogP contribution in [-0.2, 0) is 0 Å². The standard InChI is InChI=1S/C12H9BrClNO/c1-8-4-5-11(10(14)7-8)16-12-9(13)3-2-6-15-12/h2-7H,1H3. The van der Waals surface area contributed by atoms with Crippen molar-refractivity contribution < 1.29 is 4.74 Å². The van der Waals surface area contributed by atoms with Crippen LogP contribution in [0, 0.1) is 6.92 Å². The summed E-state index contributed by atoms with van der Waals surface area (Å²) < 4.78 is 6.40. The molecule has 0 unspecified atom stereocenters. The van der Waals surface area contributed by atoms with Gasteiger partial charge in [0.05, 0.1) is 9.50 Å². The average molecular weight is 299 g/mol. The number of pyridine rings is 1. The first-order valence-electron chi connectivity index (χ1n) is 4.71. The van der Waals surface area contributed by atoms with Gasteiger partial charge >= 0.3 is 0 Å². The lowest BCUT2D eigenvalue weighted by Gasteiger charge is -2.08. The Morgan fingerprint density at radius 1 is 1.31 bits per heavy atom. The topological polar surface area (TPSA) is 22.1 Å². The lowest BCUT2D eigenvalue weighted by molar-refractivity contribution is 0.460. The molecule has 0 amide bonds. The van der Waals surface area contributed by atoms with Crippen molar-refractivity contribution in [3.8, 4) is 11.6 Å². The van der Waals surface area contributed by atoms with E-state index in [2.05, 4.69) is 20.9 Å². The molecule has 2 rings (SSSR count). The summed E-state index contributed by atoms with van der Waals surface area (Å²) in [6.45, 7) is 1.98. The highest BCUT2D eigenvalue weighted by Gasteiger charge is 2.06. The third kappa shape index (κ3) is 2.54. The number of hydrogen-bond acceptors (Lipinski definition) is 2. The molecule has 0 radical (unpaired) electrons. The van der Waals surface area contributed by atoms with E-state index in [-0.39, 0.29) is 0 Å². The van der Waals surface area contributed by atoms with Gasteiger partial charge in [-0.05, 0) is 52.7 Å². The second kappa shape index (κ2) is 4.85. The van der Waals surface area contributed by atoms with Gasteiger partial charge < -0.3 is 4.74 Å². The third-order valence-electron chi connectivity index (χ3n) is 2.02. The van der Waals surface area contributed by atoms with E-state index in [9.17, 15) is 0 Å². The maximum absolute atomic E-state index is 6.06. The molecule has 0 fully saturated rings. The summed E-state index contributed by atoms with van der Waals surface area (Å²) in [5, 5.41) is 0.581. The summed E-state index contributed by atoms with van der Waals surface area (Å²) in [5.74, 6) is 1.11. The number of nitrogens with zero attached hydrogens (tertiary/aromatic N) is 1. The molecule has 2 nitrogen and oxygen atoms in total. The van der Waals surface area contributed by atoms with Crippen LogP contribution in [0.25, 0.3) is 0 Å². The van der Waals surface area contributed by atoms with Crippen LogP contribution in [-0.4, -0.2) is 4.98 Å². The predicted molar refractivity (Wildman–Crippen MR) is 68.2 cm³/mol. The molecule has 0 spiro atoms. The molecule has 1 aromatic carbocycles. The van der Waals surface area contributed by atoms with E-state index in [1.165, 1.54) is 0 Å². The zero-order valence-corrected chi connectivity index (χ0v) is 10.9. The van der Waals surface area contributed by atoms with Gasteiger partial charge in [0.2, 0.25) is 5.88 Å². The van der Waals surface area contributed by atoms with Gasteiger partial charge in [-0.25, -0.2) is 4.98 Å². The summed E-state index contributed by atoms with van der Waals surface area (Å²) in [5.41, 5.74) is 1.09. The van der Waals surface area contributed by atoms with Gasteiger partial charge in [0.15, 0.2) is 0 Å². The van der Waals surface area contributed by atoms with Crippen LogP contribution in [0.1, 0.15) is 5.56 Å². The quantitative estimate of drug-likeness (QED) is 0.808. The Balaban J connectivity index is 2.31. The maximum atomic E-state index is 6.06. The van der Waals surface area contributed by atoms with E-state index in [0.29, 0.717) is 16.7 Å². The minimum absolute atomic E-state index is 0.508. The number of rotatable bonds is 2. The molecule has 0 bridgehead atoms. The van der Waals surface area contributed by atoms with Crippen molar-refractivity contribution in [2.45, 2.75) is 6.92 Å². The normalized spacial score (nSPS) is 10.2. The summed E-state index contributed by atoms with van der Waals surface area (Å²) in [7, 11) is 0. The first-order chi connectivity index (χ1) is 7.66. The summed E-state index contributed by atoms with van der Waals surface area (Å²) in [4.78, 5) is 4.11. The lowest BCUT2D eigenvalue weighted by Crippen LogP contribution is -1.89. The fourth-order valence-corrected chi connectivity index (χ4v) is 1.85. The summed E-state index contributed by atoms with van der Waals surface area (Å²) in [6.07, 6.45) is 1.67. The molecule has 0 saturated heterocycles. The lowest BCUT2D eigenvalue weighted by atomic mass is 10.2. The van der Waals surface area contributed by atoms with Crippen molar-refractivity contribution in [1.29, 1.82) is 0 Å². The molecule has 16 heavy (non-hydrogen) atoms. The molecule has 0 aliphatic rings. The van der Waals surface area contributed by atoms with Crippen LogP contribution in [0.2, 0.25) is 5.02 Å². The molecule has 82 valence electrons. The van der Waals surface area contributed by atoms with Crippen molar-refractivity contribution in [3.05, 3.63) is 51.6 Å². The molecule has 0 atom stereocenters. The second-order valence-electron chi connectivity index (χ2n) is 3.33. The Kier molecular flexibility index (Phi) is 3.46. The zero-order valence-electron chi connectivity index (χ0n) is 8.58. The molecular weight excluding hydrogens is 289 g/mol. The Hall–Kier alpha value is -1.06. The van der Waals surface area contributed by atoms with Crippen molar-refractivity contribution in [1.82, 2.24) is 4.98 Å². The Bertz CT molecular complexity index is 516. The molecule has 4 heteroatoms. The van der Waals surface area contributed by atoms with Crippen LogP contribution < -0.4 is 4.74 Å². The van der Waals surface area contributed by atoms with Gasteiger partial charge in [-0.15, -0.1) is 0 Å². The molecule has 1 heterocycles. The third-order valence-corrected chi connectivity index (χ3v) is 2.92. The van der Waals surface area contributed by atoms with Gasteiger partial charge in [-0.1, -0.05) is 17.7 Å². The minimum atomic E-state index is 0.508. The summed E-state index contributed by atoms with van der Waals surface area (Å²) in [6, 6.07) is 9.32. The number of aromatic nitrogens is 1. The number of ether oxygens (including phenoxy) is 1. The Labute approximate surface area is 107 Å². The fraction of sp³-hybridized carbons (Fsp3) is 0.0833. The molecule has 0 N–H and O–H groups in total. The fourth-order valence-electron chi connectivity index (χ4n) is 1.24. The highest BCUT2D eigenvalue weighted by molar-refractivity contribution is 9.10. The van der Waals surface area contributed by atoms with Crippen LogP contribution in [0.5, 0.6) is 11.6 Å². The van der Waals surface area contributed by atoms with Gasteiger partial charge in [-0.2, -0.15) is 0 Å². The number of hydrogen-bond donors (Lipinski definition) is 0. The number of aryl methyl sites for hydroxylation is 1.